The van der Waals surface area contributed by atoms with Gasteiger partial charge in [-0.15, -0.1) is 0 Å². The minimum absolute atomic E-state index is 0.152. The van der Waals surface area contributed by atoms with Gasteiger partial charge in [0, 0.05) is 30.6 Å². The first-order valence-electron chi connectivity index (χ1n) is 7.98. The number of aryl methyl sites for hydroxylation is 2. The molecule has 0 fully saturated rings. The van der Waals surface area contributed by atoms with Crippen LogP contribution in [-0.2, 0) is 17.8 Å². The number of nitrogens with zero attached hydrogens (tertiary/aromatic N) is 1. The molecule has 0 bridgehead atoms. The van der Waals surface area contributed by atoms with Crippen molar-refractivity contribution >= 4 is 16.8 Å². The number of carbonyl (C=O) groups is 1. The fourth-order valence-corrected chi connectivity index (χ4v) is 2.85. The molecule has 4 heteroatoms. The van der Waals surface area contributed by atoms with Gasteiger partial charge in [0.2, 0.25) is 5.91 Å². The maximum Gasteiger partial charge on any atom is 0.222 e. The van der Waals surface area contributed by atoms with Crippen molar-refractivity contribution in [3.63, 3.8) is 0 Å². The van der Waals surface area contributed by atoms with E-state index in [9.17, 15) is 4.79 Å². The van der Waals surface area contributed by atoms with Gasteiger partial charge in [-0.1, -0.05) is 18.2 Å². The Hall–Kier alpha value is -2.49. The molecule has 0 radical (unpaired) electrons. The molecule has 3 rings (SSSR count). The third-order valence-corrected chi connectivity index (χ3v) is 4.13. The van der Waals surface area contributed by atoms with E-state index in [4.69, 9.17) is 4.42 Å². The second-order valence-corrected chi connectivity index (χ2v) is 5.98. The summed E-state index contributed by atoms with van der Waals surface area (Å²) < 4.78 is 5.52. The van der Waals surface area contributed by atoms with Crippen molar-refractivity contribution in [2.45, 2.75) is 32.7 Å². The number of H-pyrrole nitrogens is 1. The summed E-state index contributed by atoms with van der Waals surface area (Å²) in [7, 11) is 1.83. The molecule has 1 amide bonds. The lowest BCUT2D eigenvalue weighted by atomic mass is 10.1. The number of furan rings is 1. The molecule has 120 valence electrons. The van der Waals surface area contributed by atoms with Crippen molar-refractivity contribution in [2.75, 3.05) is 7.05 Å². The largest absolute Gasteiger partial charge is 0.464 e. The van der Waals surface area contributed by atoms with Gasteiger partial charge < -0.3 is 14.3 Å². The van der Waals surface area contributed by atoms with Crippen molar-refractivity contribution in [3.05, 3.63) is 59.7 Å². The fraction of sp³-hybridized carbons (Fsp3) is 0.316. The van der Waals surface area contributed by atoms with Gasteiger partial charge in [-0.05, 0) is 43.5 Å². The molecule has 0 aliphatic carbocycles. The molecule has 2 heterocycles. The highest BCUT2D eigenvalue weighted by Gasteiger charge is 2.11. The summed E-state index contributed by atoms with van der Waals surface area (Å²) in [6.45, 7) is 2.44. The van der Waals surface area contributed by atoms with Gasteiger partial charge >= 0.3 is 0 Å². The van der Waals surface area contributed by atoms with E-state index in [1.807, 2.05) is 44.4 Å². The van der Waals surface area contributed by atoms with Crippen molar-refractivity contribution in [2.24, 2.45) is 0 Å². The Kier molecular flexibility index (Phi) is 4.51. The van der Waals surface area contributed by atoms with E-state index < -0.39 is 0 Å². The number of nitrogens with one attached hydrogen (secondary N) is 1. The van der Waals surface area contributed by atoms with E-state index in [1.54, 1.807) is 4.90 Å². The minimum atomic E-state index is 0.152. The van der Waals surface area contributed by atoms with Crippen LogP contribution in [-0.4, -0.2) is 22.8 Å². The first kappa shape index (κ1) is 15.4. The first-order valence-corrected chi connectivity index (χ1v) is 7.98. The quantitative estimate of drug-likeness (QED) is 0.746. The zero-order valence-corrected chi connectivity index (χ0v) is 13.6. The van der Waals surface area contributed by atoms with Gasteiger partial charge in [-0.3, -0.25) is 4.79 Å². The molecule has 0 unspecified atom stereocenters. The molecular formula is C19H22N2O2. The summed E-state index contributed by atoms with van der Waals surface area (Å²) >= 11 is 0. The van der Waals surface area contributed by atoms with E-state index in [1.165, 1.54) is 10.9 Å². The Balaban J connectivity index is 1.50. The van der Waals surface area contributed by atoms with Crippen LogP contribution < -0.4 is 0 Å². The molecule has 1 N–H and O–H groups in total. The van der Waals surface area contributed by atoms with Crippen LogP contribution in [0.15, 0.2) is 47.0 Å². The maximum atomic E-state index is 12.2. The molecule has 23 heavy (non-hydrogen) atoms. The second-order valence-electron chi connectivity index (χ2n) is 5.98. The number of aromatic nitrogens is 1. The Labute approximate surface area is 136 Å². The van der Waals surface area contributed by atoms with E-state index in [0.717, 1.165) is 29.9 Å². The molecule has 3 aromatic rings. The number of para-hydroxylation sites is 1. The fourth-order valence-electron chi connectivity index (χ4n) is 2.85. The lowest BCUT2D eigenvalue weighted by molar-refractivity contribution is -0.130. The van der Waals surface area contributed by atoms with E-state index in [0.29, 0.717) is 13.0 Å². The average Bonchev–Trinajstić information content (AvgIpc) is 3.14. The monoisotopic (exact) mass is 310 g/mol. The Bertz CT molecular complexity index is 800. The summed E-state index contributed by atoms with van der Waals surface area (Å²) in [5.74, 6) is 1.86. The van der Waals surface area contributed by atoms with Gasteiger partial charge in [-0.25, -0.2) is 0 Å². The lowest BCUT2D eigenvalue weighted by Crippen LogP contribution is -2.25. The Morgan fingerprint density at radius 3 is 2.83 bits per heavy atom. The summed E-state index contributed by atoms with van der Waals surface area (Å²) in [5, 5.41) is 1.25. The molecule has 0 saturated heterocycles. The molecule has 2 aromatic heterocycles. The SMILES string of the molecule is Cc1ccc(CN(C)C(=O)CCCc2c[nH]c3ccccc23)o1. The van der Waals surface area contributed by atoms with E-state index in [-0.39, 0.29) is 5.91 Å². The molecule has 0 saturated carbocycles. The lowest BCUT2D eigenvalue weighted by Gasteiger charge is -2.15. The highest BCUT2D eigenvalue weighted by molar-refractivity contribution is 5.83. The molecule has 0 aliphatic rings. The van der Waals surface area contributed by atoms with Crippen molar-refractivity contribution in [3.8, 4) is 0 Å². The molecule has 4 nitrogen and oxygen atoms in total. The van der Waals surface area contributed by atoms with Crippen molar-refractivity contribution in [1.29, 1.82) is 0 Å². The maximum absolute atomic E-state index is 12.2. The van der Waals surface area contributed by atoms with Crippen LogP contribution in [0.2, 0.25) is 0 Å². The second kappa shape index (κ2) is 6.73. The topological polar surface area (TPSA) is 49.2 Å². The molecule has 0 aliphatic heterocycles. The number of amides is 1. The average molecular weight is 310 g/mol. The number of rotatable bonds is 6. The number of aromatic amines is 1. The smallest absolute Gasteiger partial charge is 0.222 e. The predicted octanol–water partition coefficient (Wildman–Crippen LogP) is 4.05. The zero-order chi connectivity index (χ0) is 16.2. The van der Waals surface area contributed by atoms with Crippen LogP contribution in [0.3, 0.4) is 0 Å². The normalized spacial score (nSPS) is 11.0. The minimum Gasteiger partial charge on any atom is -0.464 e. The number of hydrogen-bond donors (Lipinski definition) is 1. The van der Waals surface area contributed by atoms with Gasteiger partial charge in [0.1, 0.15) is 11.5 Å². The number of fused-ring (bicyclic) bond motifs is 1. The third-order valence-electron chi connectivity index (χ3n) is 4.13. The summed E-state index contributed by atoms with van der Waals surface area (Å²) in [5.41, 5.74) is 2.43. The molecule has 1 aromatic carbocycles. The van der Waals surface area contributed by atoms with Gasteiger partial charge in [0.05, 0.1) is 6.54 Å². The van der Waals surface area contributed by atoms with Crippen molar-refractivity contribution in [1.82, 2.24) is 9.88 Å². The van der Waals surface area contributed by atoms with Crippen LogP contribution in [0.4, 0.5) is 0 Å². The van der Waals surface area contributed by atoms with Crippen LogP contribution >= 0.6 is 0 Å². The summed E-state index contributed by atoms with van der Waals surface area (Å²) in [4.78, 5) is 17.2. The summed E-state index contributed by atoms with van der Waals surface area (Å²) in [6, 6.07) is 12.1. The highest BCUT2D eigenvalue weighted by Crippen LogP contribution is 2.19. The Morgan fingerprint density at radius 1 is 1.22 bits per heavy atom. The Morgan fingerprint density at radius 2 is 2.04 bits per heavy atom. The van der Waals surface area contributed by atoms with Crippen LogP contribution in [0.1, 0.15) is 29.9 Å². The zero-order valence-electron chi connectivity index (χ0n) is 13.6. The summed E-state index contributed by atoms with van der Waals surface area (Å²) in [6.07, 6.45) is 4.35. The van der Waals surface area contributed by atoms with Crippen LogP contribution in [0.5, 0.6) is 0 Å². The van der Waals surface area contributed by atoms with Crippen LogP contribution in [0, 0.1) is 6.92 Å². The van der Waals surface area contributed by atoms with Crippen LogP contribution in [0.25, 0.3) is 10.9 Å². The number of hydrogen-bond acceptors (Lipinski definition) is 2. The van der Waals surface area contributed by atoms with E-state index in [2.05, 4.69) is 17.1 Å². The molecule has 0 spiro atoms. The standard InChI is InChI=1S/C19H22N2O2/c1-14-10-11-16(23-14)13-21(2)19(22)9-5-6-15-12-20-18-8-4-3-7-17(15)18/h3-4,7-8,10-12,20H,5-6,9,13H2,1-2H3. The predicted molar refractivity (Wildman–Crippen MR) is 91.2 cm³/mol. The van der Waals surface area contributed by atoms with Gasteiger partial charge in [0.25, 0.3) is 0 Å². The molecule has 0 atom stereocenters. The molecular weight excluding hydrogens is 288 g/mol. The van der Waals surface area contributed by atoms with E-state index >= 15 is 0 Å². The van der Waals surface area contributed by atoms with Crippen molar-refractivity contribution < 1.29 is 9.21 Å². The third kappa shape index (κ3) is 3.65. The first-order chi connectivity index (χ1) is 11.1. The highest BCUT2D eigenvalue weighted by atomic mass is 16.3. The number of carbonyl (C=O) groups excluding carboxylic acids is 1. The van der Waals surface area contributed by atoms with Gasteiger partial charge in [-0.2, -0.15) is 0 Å². The number of benzene rings is 1. The van der Waals surface area contributed by atoms with Gasteiger partial charge in [0.15, 0.2) is 0 Å².